The highest BCUT2D eigenvalue weighted by Gasteiger charge is 2.17. The number of nitrogens with zero attached hydrogens (tertiary/aromatic N) is 4. The fourth-order valence-corrected chi connectivity index (χ4v) is 2.62. The zero-order chi connectivity index (χ0) is 17.2. The Kier molecular flexibility index (Phi) is 3.85. The molecular formula is C19H16N4O2. The van der Waals surface area contributed by atoms with Crippen molar-refractivity contribution in [2.45, 2.75) is 13.8 Å². The summed E-state index contributed by atoms with van der Waals surface area (Å²) in [5.41, 5.74) is 3.50. The Balaban J connectivity index is 1.84. The van der Waals surface area contributed by atoms with Gasteiger partial charge in [0.1, 0.15) is 0 Å². The molecule has 0 spiro atoms. The van der Waals surface area contributed by atoms with Crippen LogP contribution in [-0.2, 0) is 0 Å². The number of rotatable bonds is 4. The molecule has 0 unspecified atom stereocenters. The minimum atomic E-state index is 0.412. The van der Waals surface area contributed by atoms with Gasteiger partial charge in [0.05, 0.1) is 23.3 Å². The van der Waals surface area contributed by atoms with Crippen molar-refractivity contribution in [3.63, 3.8) is 0 Å². The third kappa shape index (κ3) is 2.94. The number of hydrogen-bond acceptors (Lipinski definition) is 6. The number of pyridine rings is 2. The molecule has 0 aliphatic carbocycles. The van der Waals surface area contributed by atoms with E-state index >= 15 is 0 Å². The molecule has 0 saturated heterocycles. The molecule has 0 N–H and O–H groups in total. The summed E-state index contributed by atoms with van der Waals surface area (Å²) in [4.78, 5) is 13.2. The number of aryl methyl sites for hydroxylation is 1. The third-order valence-electron chi connectivity index (χ3n) is 3.79. The lowest BCUT2D eigenvalue weighted by molar-refractivity contribution is 0.329. The van der Waals surface area contributed by atoms with Gasteiger partial charge in [-0.2, -0.15) is 4.98 Å². The van der Waals surface area contributed by atoms with Crippen LogP contribution in [0.3, 0.4) is 0 Å². The zero-order valence-corrected chi connectivity index (χ0v) is 13.9. The number of ether oxygens (including phenoxy) is 1. The van der Waals surface area contributed by atoms with E-state index in [1.165, 1.54) is 0 Å². The van der Waals surface area contributed by atoms with Crippen LogP contribution in [0, 0.1) is 6.92 Å². The molecule has 0 fully saturated rings. The Morgan fingerprint density at radius 2 is 2.04 bits per heavy atom. The lowest BCUT2D eigenvalue weighted by Crippen LogP contribution is -1.98. The number of fused-ring (bicyclic) bond motifs is 1. The number of benzene rings is 1. The topological polar surface area (TPSA) is 73.9 Å². The first-order valence-corrected chi connectivity index (χ1v) is 8.03. The Bertz CT molecular complexity index is 1030. The summed E-state index contributed by atoms with van der Waals surface area (Å²) < 4.78 is 11.1. The minimum Gasteiger partial charge on any atom is -0.477 e. The number of aromatic nitrogens is 4. The molecule has 6 heteroatoms. The van der Waals surface area contributed by atoms with Crippen LogP contribution in [0.2, 0.25) is 0 Å². The lowest BCUT2D eigenvalue weighted by Gasteiger charge is -2.08. The second-order valence-corrected chi connectivity index (χ2v) is 5.64. The van der Waals surface area contributed by atoms with E-state index in [0.29, 0.717) is 29.8 Å². The second-order valence-electron chi connectivity index (χ2n) is 5.64. The molecule has 0 aliphatic heterocycles. The molecular weight excluding hydrogens is 316 g/mol. The first kappa shape index (κ1) is 15.3. The monoisotopic (exact) mass is 332 g/mol. The van der Waals surface area contributed by atoms with Gasteiger partial charge in [-0.05, 0) is 44.2 Å². The molecule has 25 heavy (non-hydrogen) atoms. The third-order valence-corrected chi connectivity index (χ3v) is 3.79. The Morgan fingerprint density at radius 1 is 1.12 bits per heavy atom. The van der Waals surface area contributed by atoms with Crippen molar-refractivity contribution in [3.05, 3.63) is 54.4 Å². The summed E-state index contributed by atoms with van der Waals surface area (Å²) in [6, 6.07) is 11.8. The van der Waals surface area contributed by atoms with Gasteiger partial charge in [-0.1, -0.05) is 16.8 Å². The first-order chi connectivity index (χ1) is 12.2. The van der Waals surface area contributed by atoms with E-state index in [4.69, 9.17) is 9.26 Å². The maximum absolute atomic E-state index is 5.70. The first-order valence-electron chi connectivity index (χ1n) is 8.03. The van der Waals surface area contributed by atoms with Crippen LogP contribution in [0.15, 0.2) is 53.3 Å². The van der Waals surface area contributed by atoms with Crippen LogP contribution in [0.1, 0.15) is 12.5 Å². The molecule has 0 bridgehead atoms. The molecule has 0 saturated carbocycles. The second kappa shape index (κ2) is 6.32. The van der Waals surface area contributed by atoms with Crippen molar-refractivity contribution in [1.29, 1.82) is 0 Å². The van der Waals surface area contributed by atoms with E-state index in [-0.39, 0.29) is 0 Å². The van der Waals surface area contributed by atoms with Gasteiger partial charge in [0.2, 0.25) is 11.7 Å². The highest BCUT2D eigenvalue weighted by Crippen LogP contribution is 2.31. The molecule has 3 heterocycles. The SMILES string of the molecule is CCOc1nc2ccc(C)cc2cc1-c1noc(-c2cccnc2)n1. The Hall–Kier alpha value is -3.28. The van der Waals surface area contributed by atoms with Crippen LogP contribution in [-0.4, -0.2) is 26.7 Å². The molecule has 3 aromatic heterocycles. The van der Waals surface area contributed by atoms with Gasteiger partial charge in [-0.15, -0.1) is 0 Å². The predicted octanol–water partition coefficient (Wildman–Crippen LogP) is 4.05. The summed E-state index contributed by atoms with van der Waals surface area (Å²) in [5.74, 6) is 1.35. The van der Waals surface area contributed by atoms with Gasteiger partial charge in [0.25, 0.3) is 5.89 Å². The molecule has 0 radical (unpaired) electrons. The fourth-order valence-electron chi connectivity index (χ4n) is 2.62. The largest absolute Gasteiger partial charge is 0.477 e. The van der Waals surface area contributed by atoms with Gasteiger partial charge in [0.15, 0.2) is 0 Å². The number of hydrogen-bond donors (Lipinski definition) is 0. The smallest absolute Gasteiger partial charge is 0.259 e. The van der Waals surface area contributed by atoms with Crippen LogP contribution in [0.5, 0.6) is 5.88 Å². The van der Waals surface area contributed by atoms with Gasteiger partial charge in [-0.25, -0.2) is 4.98 Å². The standard InChI is InChI=1S/C19H16N4O2/c1-3-24-19-15(10-14-9-12(2)6-7-16(14)21-19)17-22-18(25-23-17)13-5-4-8-20-11-13/h4-11H,3H2,1-2H3. The van der Waals surface area contributed by atoms with Crippen molar-refractivity contribution in [3.8, 4) is 28.7 Å². The van der Waals surface area contributed by atoms with Crippen molar-refractivity contribution in [1.82, 2.24) is 20.1 Å². The van der Waals surface area contributed by atoms with Crippen molar-refractivity contribution < 1.29 is 9.26 Å². The zero-order valence-electron chi connectivity index (χ0n) is 13.9. The minimum absolute atomic E-state index is 0.412. The fraction of sp³-hybridized carbons (Fsp3) is 0.158. The van der Waals surface area contributed by atoms with Crippen LogP contribution in [0.25, 0.3) is 33.7 Å². The molecule has 124 valence electrons. The lowest BCUT2D eigenvalue weighted by atomic mass is 10.1. The maximum Gasteiger partial charge on any atom is 0.259 e. The molecule has 4 aromatic rings. The predicted molar refractivity (Wildman–Crippen MR) is 94.2 cm³/mol. The average Bonchev–Trinajstić information content (AvgIpc) is 3.12. The molecule has 0 amide bonds. The summed E-state index contributed by atoms with van der Waals surface area (Å²) in [6.07, 6.45) is 3.38. The summed E-state index contributed by atoms with van der Waals surface area (Å²) in [7, 11) is 0. The van der Waals surface area contributed by atoms with Crippen LogP contribution < -0.4 is 4.74 Å². The molecule has 1 aromatic carbocycles. The quantitative estimate of drug-likeness (QED) is 0.561. The van der Waals surface area contributed by atoms with Crippen molar-refractivity contribution in [2.24, 2.45) is 0 Å². The normalized spacial score (nSPS) is 11.0. The van der Waals surface area contributed by atoms with Crippen molar-refractivity contribution in [2.75, 3.05) is 6.61 Å². The average molecular weight is 332 g/mol. The van der Waals surface area contributed by atoms with E-state index in [1.54, 1.807) is 12.4 Å². The summed E-state index contributed by atoms with van der Waals surface area (Å²) in [5, 5.41) is 5.11. The molecule has 0 aliphatic rings. The van der Waals surface area contributed by atoms with Gasteiger partial charge in [0, 0.05) is 17.8 Å². The Morgan fingerprint density at radius 3 is 2.84 bits per heavy atom. The summed E-state index contributed by atoms with van der Waals surface area (Å²) >= 11 is 0. The van der Waals surface area contributed by atoms with Crippen LogP contribution in [0.4, 0.5) is 0 Å². The molecule has 4 rings (SSSR count). The van der Waals surface area contributed by atoms with Crippen molar-refractivity contribution >= 4 is 10.9 Å². The van der Waals surface area contributed by atoms with E-state index in [1.807, 2.05) is 44.2 Å². The molecule has 0 atom stereocenters. The Labute approximate surface area is 144 Å². The maximum atomic E-state index is 5.70. The van der Waals surface area contributed by atoms with Gasteiger partial charge >= 0.3 is 0 Å². The summed E-state index contributed by atoms with van der Waals surface area (Å²) in [6.45, 7) is 4.47. The van der Waals surface area contributed by atoms with E-state index in [0.717, 1.165) is 22.0 Å². The van der Waals surface area contributed by atoms with Gasteiger partial charge in [-0.3, -0.25) is 4.98 Å². The van der Waals surface area contributed by atoms with Crippen LogP contribution >= 0.6 is 0 Å². The highest BCUT2D eigenvalue weighted by molar-refractivity contribution is 5.85. The van der Waals surface area contributed by atoms with Gasteiger partial charge < -0.3 is 9.26 Å². The molecule has 6 nitrogen and oxygen atoms in total. The highest BCUT2D eigenvalue weighted by atomic mass is 16.5. The van der Waals surface area contributed by atoms with E-state index in [9.17, 15) is 0 Å². The van der Waals surface area contributed by atoms with E-state index < -0.39 is 0 Å². The van der Waals surface area contributed by atoms with E-state index in [2.05, 4.69) is 26.2 Å².